The maximum Gasteiger partial charge on any atom is 0.342 e. The summed E-state index contributed by atoms with van der Waals surface area (Å²) >= 11 is 0. The van der Waals surface area contributed by atoms with Crippen molar-refractivity contribution in [2.24, 2.45) is 12.5 Å². The van der Waals surface area contributed by atoms with Crippen LogP contribution in [0, 0.1) is 5.41 Å². The van der Waals surface area contributed by atoms with Crippen LogP contribution in [-0.2, 0) is 17.4 Å². The van der Waals surface area contributed by atoms with Crippen LogP contribution in [0.4, 0.5) is 8.78 Å². The molecule has 2 aliphatic rings. The van der Waals surface area contributed by atoms with E-state index < -0.39 is 23.7 Å². The van der Waals surface area contributed by atoms with Gasteiger partial charge in [-0.25, -0.2) is 13.6 Å². The quantitative estimate of drug-likeness (QED) is 0.745. The van der Waals surface area contributed by atoms with E-state index in [4.69, 9.17) is 9.47 Å². The van der Waals surface area contributed by atoms with Crippen molar-refractivity contribution in [3.63, 3.8) is 0 Å². The third-order valence-electron chi connectivity index (χ3n) is 6.31. The van der Waals surface area contributed by atoms with Crippen molar-refractivity contribution in [1.82, 2.24) is 9.78 Å². The van der Waals surface area contributed by atoms with Gasteiger partial charge in [0.2, 0.25) is 0 Å². The number of nitrogens with zero attached hydrogens (tertiary/aromatic N) is 2. The summed E-state index contributed by atoms with van der Waals surface area (Å²) in [4.78, 5) is 13.0. The van der Waals surface area contributed by atoms with Crippen LogP contribution < -0.4 is 4.74 Å². The van der Waals surface area contributed by atoms with Crippen molar-refractivity contribution >= 4 is 5.97 Å². The number of halogens is 2. The first kappa shape index (κ1) is 17.9. The number of methoxy groups -OCH3 is 1. The Hall–Kier alpha value is -2.44. The number of rotatable bonds is 4. The summed E-state index contributed by atoms with van der Waals surface area (Å²) in [7, 11) is 3.09. The van der Waals surface area contributed by atoms with Crippen molar-refractivity contribution in [2.75, 3.05) is 7.11 Å². The van der Waals surface area contributed by atoms with E-state index in [0.29, 0.717) is 12.2 Å². The Morgan fingerprint density at radius 3 is 2.78 bits per heavy atom. The average Bonchev–Trinajstić information content (AvgIpc) is 3.19. The van der Waals surface area contributed by atoms with E-state index in [2.05, 4.69) is 18.9 Å². The standard InChI is InChI=1S/C20H22F2N2O3/c1-19(2)13-8-9-20(19,15-11(13)6-5-7-14(15)26-4)27-18(25)12-10-24(3)23-16(12)17(21)22/h5-7,10,13,17H,8-9H2,1-4H3. The van der Waals surface area contributed by atoms with Gasteiger partial charge in [-0.05, 0) is 30.4 Å². The second kappa shape index (κ2) is 5.78. The Balaban J connectivity index is 1.81. The summed E-state index contributed by atoms with van der Waals surface area (Å²) in [6.07, 6.45) is -0.0534. The fourth-order valence-electron chi connectivity index (χ4n) is 5.02. The van der Waals surface area contributed by atoms with E-state index in [1.165, 1.54) is 17.9 Å². The molecule has 1 fully saturated rings. The van der Waals surface area contributed by atoms with Crippen LogP contribution in [0.15, 0.2) is 24.4 Å². The summed E-state index contributed by atoms with van der Waals surface area (Å²) in [5, 5.41) is 3.72. The van der Waals surface area contributed by atoms with Gasteiger partial charge in [0, 0.05) is 24.2 Å². The minimum Gasteiger partial charge on any atom is -0.496 e. The fraction of sp³-hybridized carbons (Fsp3) is 0.500. The molecule has 27 heavy (non-hydrogen) atoms. The van der Waals surface area contributed by atoms with Crippen molar-refractivity contribution in [2.45, 2.75) is 44.6 Å². The third kappa shape index (κ3) is 2.26. The highest BCUT2D eigenvalue weighted by Gasteiger charge is 2.66. The zero-order valence-corrected chi connectivity index (χ0v) is 15.8. The molecule has 2 aliphatic carbocycles. The van der Waals surface area contributed by atoms with Gasteiger partial charge in [-0.3, -0.25) is 4.68 Å². The molecule has 1 saturated carbocycles. The minimum atomic E-state index is -2.85. The van der Waals surface area contributed by atoms with Gasteiger partial charge >= 0.3 is 5.97 Å². The molecule has 4 rings (SSSR count). The van der Waals surface area contributed by atoms with Crippen molar-refractivity contribution < 1.29 is 23.0 Å². The third-order valence-corrected chi connectivity index (χ3v) is 6.31. The molecule has 0 amide bonds. The predicted octanol–water partition coefficient (Wildman–Crippen LogP) is 4.34. The Morgan fingerprint density at radius 2 is 2.11 bits per heavy atom. The second-order valence-corrected chi connectivity index (χ2v) is 7.86. The molecule has 144 valence electrons. The monoisotopic (exact) mass is 376 g/mol. The fourth-order valence-corrected chi connectivity index (χ4v) is 5.02. The SMILES string of the molecule is COc1cccc2c1C1(OC(=O)c3cn(C)nc3C(F)F)CCC2C1(C)C. The average molecular weight is 376 g/mol. The van der Waals surface area contributed by atoms with Crippen LogP contribution in [-0.4, -0.2) is 22.9 Å². The highest BCUT2D eigenvalue weighted by Crippen LogP contribution is 2.70. The van der Waals surface area contributed by atoms with Crippen molar-refractivity contribution in [1.29, 1.82) is 0 Å². The molecule has 1 aromatic heterocycles. The molecule has 5 nitrogen and oxygen atoms in total. The molecule has 1 aromatic carbocycles. The maximum absolute atomic E-state index is 13.3. The van der Waals surface area contributed by atoms with E-state index in [-0.39, 0.29) is 16.9 Å². The van der Waals surface area contributed by atoms with Crippen LogP contribution in [0.5, 0.6) is 5.75 Å². The largest absolute Gasteiger partial charge is 0.496 e. The topological polar surface area (TPSA) is 53.4 Å². The summed E-state index contributed by atoms with van der Waals surface area (Å²) in [5.74, 6) is 0.112. The number of carbonyl (C=O) groups excluding carboxylic acids is 1. The van der Waals surface area contributed by atoms with Gasteiger partial charge in [0.1, 0.15) is 22.6 Å². The zero-order valence-electron chi connectivity index (χ0n) is 15.8. The van der Waals surface area contributed by atoms with Crippen LogP contribution >= 0.6 is 0 Å². The molecule has 0 N–H and O–H groups in total. The van der Waals surface area contributed by atoms with Gasteiger partial charge in [-0.2, -0.15) is 5.10 Å². The van der Waals surface area contributed by atoms with Gasteiger partial charge in [-0.15, -0.1) is 0 Å². The smallest absolute Gasteiger partial charge is 0.342 e. The summed E-state index contributed by atoms with van der Waals surface area (Å²) in [5.41, 5.74) is -0.0455. The summed E-state index contributed by atoms with van der Waals surface area (Å²) < 4.78 is 39.4. The lowest BCUT2D eigenvalue weighted by Gasteiger charge is -2.38. The van der Waals surface area contributed by atoms with Gasteiger partial charge in [0.25, 0.3) is 6.43 Å². The number of carbonyl (C=O) groups is 1. The molecule has 2 unspecified atom stereocenters. The molecule has 2 aromatic rings. The molecule has 7 heteroatoms. The number of benzene rings is 1. The van der Waals surface area contributed by atoms with Crippen molar-refractivity contribution in [3.8, 4) is 5.75 Å². The molecular formula is C20H22F2N2O3. The lowest BCUT2D eigenvalue weighted by atomic mass is 9.76. The highest BCUT2D eigenvalue weighted by atomic mass is 19.3. The van der Waals surface area contributed by atoms with E-state index >= 15 is 0 Å². The maximum atomic E-state index is 13.3. The van der Waals surface area contributed by atoms with E-state index in [1.807, 2.05) is 18.2 Å². The second-order valence-electron chi connectivity index (χ2n) is 7.86. The molecule has 0 saturated heterocycles. The van der Waals surface area contributed by atoms with Crippen LogP contribution in [0.2, 0.25) is 0 Å². The number of aromatic nitrogens is 2. The molecule has 2 bridgehead atoms. The number of alkyl halides is 2. The normalized spacial score (nSPS) is 24.9. The van der Waals surface area contributed by atoms with Gasteiger partial charge in [0.15, 0.2) is 0 Å². The lowest BCUT2D eigenvalue weighted by molar-refractivity contribution is -0.0694. The van der Waals surface area contributed by atoms with E-state index in [0.717, 1.165) is 17.5 Å². The molecule has 1 heterocycles. The van der Waals surface area contributed by atoms with Crippen molar-refractivity contribution in [3.05, 3.63) is 46.8 Å². The minimum absolute atomic E-state index is 0.190. The molecule has 0 radical (unpaired) electrons. The van der Waals surface area contributed by atoms with E-state index in [9.17, 15) is 13.6 Å². The Labute approximate surface area is 156 Å². The van der Waals surface area contributed by atoms with Gasteiger partial charge in [0.05, 0.1) is 7.11 Å². The van der Waals surface area contributed by atoms with Crippen LogP contribution in [0.3, 0.4) is 0 Å². The number of ether oxygens (including phenoxy) is 2. The predicted molar refractivity (Wildman–Crippen MR) is 94.0 cm³/mol. The first-order chi connectivity index (χ1) is 12.7. The Kier molecular flexibility index (Phi) is 3.84. The number of esters is 1. The molecular weight excluding hydrogens is 354 g/mol. The molecule has 0 spiro atoms. The number of hydrogen-bond donors (Lipinski definition) is 0. The Morgan fingerprint density at radius 1 is 1.37 bits per heavy atom. The summed E-state index contributed by atoms with van der Waals surface area (Å²) in [6, 6.07) is 5.81. The van der Waals surface area contributed by atoms with Crippen LogP contribution in [0.1, 0.15) is 66.2 Å². The van der Waals surface area contributed by atoms with Gasteiger partial charge < -0.3 is 9.47 Å². The van der Waals surface area contributed by atoms with Gasteiger partial charge in [-0.1, -0.05) is 26.0 Å². The number of hydrogen-bond acceptors (Lipinski definition) is 4. The highest BCUT2D eigenvalue weighted by molar-refractivity contribution is 5.91. The number of fused-ring (bicyclic) bond motifs is 5. The van der Waals surface area contributed by atoms with E-state index in [1.54, 1.807) is 7.11 Å². The molecule has 2 atom stereocenters. The Bertz CT molecular complexity index is 922. The first-order valence-corrected chi connectivity index (χ1v) is 8.95. The number of aryl methyl sites for hydroxylation is 1. The first-order valence-electron chi connectivity index (χ1n) is 8.95. The summed E-state index contributed by atoms with van der Waals surface area (Å²) in [6.45, 7) is 4.13. The lowest BCUT2D eigenvalue weighted by Crippen LogP contribution is -2.40. The zero-order chi connectivity index (χ0) is 19.6. The molecule has 0 aliphatic heterocycles. The van der Waals surface area contributed by atoms with Crippen LogP contribution in [0.25, 0.3) is 0 Å².